The molecule has 0 saturated carbocycles. The second-order valence-electron chi connectivity index (χ2n) is 5.40. The second-order valence-corrected chi connectivity index (χ2v) is 5.40. The Morgan fingerprint density at radius 3 is 1.77 bits per heavy atom. The van der Waals surface area contributed by atoms with Gasteiger partial charge in [-0.05, 0) is 55.5 Å². The molecule has 0 aliphatic rings. The van der Waals surface area contributed by atoms with Crippen LogP contribution in [0, 0.1) is 0 Å². The van der Waals surface area contributed by atoms with Crippen LogP contribution in [0.25, 0.3) is 11.1 Å². The zero-order valence-electron chi connectivity index (χ0n) is 13.7. The third-order valence-corrected chi connectivity index (χ3v) is 4.28. The molecule has 1 N–H and O–H groups in total. The van der Waals surface area contributed by atoms with Gasteiger partial charge in [-0.1, -0.05) is 13.8 Å². The standard InChI is InChI=1S/C18H23NO3/c1-5-11-9-13(14-16(20)18(22)17(14)21)10-12(6-2)15(11)19(7-3)8-4/h9-10,20H,5-8H2,1-4H3. The molecule has 22 heavy (non-hydrogen) atoms. The van der Waals surface area contributed by atoms with Gasteiger partial charge in [0.1, 0.15) is 0 Å². The van der Waals surface area contributed by atoms with E-state index in [9.17, 15) is 14.7 Å². The van der Waals surface area contributed by atoms with E-state index in [0.29, 0.717) is 5.56 Å². The van der Waals surface area contributed by atoms with E-state index in [1.165, 1.54) is 5.69 Å². The molecule has 0 saturated heterocycles. The largest absolute Gasteiger partial charge is 0.503 e. The molecule has 0 aromatic heterocycles. The molecule has 2 aromatic carbocycles. The maximum absolute atomic E-state index is 11.7. The highest BCUT2D eigenvalue weighted by atomic mass is 16.3. The van der Waals surface area contributed by atoms with Crippen molar-refractivity contribution in [3.05, 3.63) is 43.7 Å². The summed E-state index contributed by atoms with van der Waals surface area (Å²) in [4.78, 5) is 25.3. The summed E-state index contributed by atoms with van der Waals surface area (Å²) >= 11 is 0. The number of aromatic hydroxyl groups is 1. The average molecular weight is 301 g/mol. The van der Waals surface area contributed by atoms with Crippen molar-refractivity contribution in [3.8, 4) is 16.9 Å². The molecule has 0 unspecified atom stereocenters. The minimum Gasteiger partial charge on any atom is -0.503 e. The molecule has 0 heterocycles. The zero-order chi connectivity index (χ0) is 16.4. The fraction of sp³-hybridized carbons (Fsp3) is 0.444. The number of hydrogen-bond acceptors (Lipinski definition) is 4. The van der Waals surface area contributed by atoms with Crippen molar-refractivity contribution in [2.75, 3.05) is 18.0 Å². The monoisotopic (exact) mass is 301 g/mol. The molecule has 2 rings (SSSR count). The first-order valence-electron chi connectivity index (χ1n) is 7.93. The summed E-state index contributed by atoms with van der Waals surface area (Å²) in [6.07, 6.45) is 1.67. The third kappa shape index (κ3) is 2.43. The quantitative estimate of drug-likeness (QED) is 0.833. The summed E-state index contributed by atoms with van der Waals surface area (Å²) in [5.41, 5.74) is 2.97. The van der Waals surface area contributed by atoms with Gasteiger partial charge in [0, 0.05) is 18.8 Å². The Labute approximate surface area is 130 Å². The molecule has 0 aliphatic heterocycles. The lowest BCUT2D eigenvalue weighted by Gasteiger charge is -2.27. The van der Waals surface area contributed by atoms with Crippen LogP contribution in [0.5, 0.6) is 5.75 Å². The summed E-state index contributed by atoms with van der Waals surface area (Å²) in [5.74, 6) is -0.398. The molecular weight excluding hydrogens is 278 g/mol. The fourth-order valence-electron chi connectivity index (χ4n) is 3.04. The molecule has 0 aliphatic carbocycles. The molecule has 0 spiro atoms. The normalized spacial score (nSPS) is 11.1. The van der Waals surface area contributed by atoms with Crippen molar-refractivity contribution in [2.24, 2.45) is 0 Å². The van der Waals surface area contributed by atoms with Crippen molar-refractivity contribution in [2.45, 2.75) is 40.5 Å². The summed E-state index contributed by atoms with van der Waals surface area (Å²) in [7, 11) is 0. The van der Waals surface area contributed by atoms with Gasteiger partial charge in [0.25, 0.3) is 5.43 Å². The van der Waals surface area contributed by atoms with E-state index >= 15 is 0 Å². The van der Waals surface area contributed by atoms with E-state index < -0.39 is 16.6 Å². The van der Waals surface area contributed by atoms with Crippen LogP contribution in [0.15, 0.2) is 21.7 Å². The Morgan fingerprint density at radius 1 is 0.909 bits per heavy atom. The number of aryl methyl sites for hydroxylation is 2. The van der Waals surface area contributed by atoms with Gasteiger partial charge in [-0.2, -0.15) is 0 Å². The number of nitrogens with zero attached hydrogens (tertiary/aromatic N) is 1. The van der Waals surface area contributed by atoms with Gasteiger partial charge < -0.3 is 10.0 Å². The first-order chi connectivity index (χ1) is 10.5. The molecule has 0 amide bonds. The van der Waals surface area contributed by atoms with Crippen LogP contribution in [-0.2, 0) is 12.8 Å². The maximum Gasteiger partial charge on any atom is 0.268 e. The van der Waals surface area contributed by atoms with Gasteiger partial charge in [0.05, 0.1) is 5.56 Å². The SMILES string of the molecule is CCc1cc(-c2c(O)c(=O)c2=O)cc(CC)c1N(CC)CC. The average Bonchev–Trinajstić information content (AvgIpc) is 2.55. The molecule has 0 fully saturated rings. The summed E-state index contributed by atoms with van der Waals surface area (Å²) in [5, 5.41) is 9.70. The van der Waals surface area contributed by atoms with Crippen LogP contribution in [0.4, 0.5) is 5.69 Å². The molecular formula is C18H23NO3. The van der Waals surface area contributed by atoms with Crippen LogP contribution in [0.3, 0.4) is 0 Å². The lowest BCUT2D eigenvalue weighted by molar-refractivity contribution is 0.465. The first kappa shape index (κ1) is 16.3. The van der Waals surface area contributed by atoms with Gasteiger partial charge in [0.15, 0.2) is 5.75 Å². The number of rotatable bonds is 6. The minimum absolute atomic E-state index is 0.167. The van der Waals surface area contributed by atoms with E-state index in [4.69, 9.17) is 0 Å². The van der Waals surface area contributed by atoms with Crippen molar-refractivity contribution in [1.29, 1.82) is 0 Å². The lowest BCUT2D eigenvalue weighted by Crippen LogP contribution is -2.32. The van der Waals surface area contributed by atoms with Crippen molar-refractivity contribution in [1.82, 2.24) is 0 Å². The number of anilines is 1. The highest BCUT2D eigenvalue weighted by Crippen LogP contribution is 2.34. The van der Waals surface area contributed by atoms with Gasteiger partial charge in [0.2, 0.25) is 5.43 Å². The fourth-order valence-corrected chi connectivity index (χ4v) is 3.04. The molecule has 118 valence electrons. The van der Waals surface area contributed by atoms with Gasteiger partial charge in [-0.3, -0.25) is 9.59 Å². The Kier molecular flexibility index (Phi) is 4.69. The third-order valence-electron chi connectivity index (χ3n) is 4.28. The van der Waals surface area contributed by atoms with Gasteiger partial charge in [-0.15, -0.1) is 0 Å². The zero-order valence-corrected chi connectivity index (χ0v) is 13.7. The van der Waals surface area contributed by atoms with Crippen LogP contribution in [0.1, 0.15) is 38.8 Å². The minimum atomic E-state index is -0.779. The Balaban J connectivity index is 2.67. The topological polar surface area (TPSA) is 57.6 Å². The molecule has 4 nitrogen and oxygen atoms in total. The Bertz CT molecular complexity index is 725. The molecule has 0 atom stereocenters. The van der Waals surface area contributed by atoms with Crippen molar-refractivity contribution < 1.29 is 5.11 Å². The van der Waals surface area contributed by atoms with Crippen LogP contribution >= 0.6 is 0 Å². The molecule has 2 aromatic rings. The van der Waals surface area contributed by atoms with Crippen molar-refractivity contribution >= 4 is 5.69 Å². The van der Waals surface area contributed by atoms with E-state index in [1.54, 1.807) is 0 Å². The lowest BCUT2D eigenvalue weighted by atomic mass is 9.92. The summed E-state index contributed by atoms with van der Waals surface area (Å²) in [6.45, 7) is 10.2. The first-order valence-corrected chi connectivity index (χ1v) is 7.93. The van der Waals surface area contributed by atoms with Crippen LogP contribution < -0.4 is 15.8 Å². The Hall–Kier alpha value is -2.10. The highest BCUT2D eigenvalue weighted by Gasteiger charge is 2.23. The number of benzene rings is 1. The predicted molar refractivity (Wildman–Crippen MR) is 90.8 cm³/mol. The maximum atomic E-state index is 11.7. The smallest absolute Gasteiger partial charge is 0.268 e. The van der Waals surface area contributed by atoms with E-state index in [1.807, 2.05) is 12.1 Å². The highest BCUT2D eigenvalue weighted by molar-refractivity contribution is 5.78. The van der Waals surface area contributed by atoms with Gasteiger partial charge >= 0.3 is 0 Å². The van der Waals surface area contributed by atoms with Gasteiger partial charge in [-0.25, -0.2) is 0 Å². The molecule has 0 radical (unpaired) electrons. The summed E-state index contributed by atoms with van der Waals surface area (Å²) < 4.78 is 0. The second kappa shape index (κ2) is 6.34. The summed E-state index contributed by atoms with van der Waals surface area (Å²) in [6, 6.07) is 3.87. The van der Waals surface area contributed by atoms with Crippen molar-refractivity contribution in [3.63, 3.8) is 0 Å². The van der Waals surface area contributed by atoms with E-state index in [0.717, 1.165) is 37.1 Å². The predicted octanol–water partition coefficient (Wildman–Crippen LogP) is 2.63. The van der Waals surface area contributed by atoms with Crippen LogP contribution in [-0.4, -0.2) is 18.2 Å². The van der Waals surface area contributed by atoms with E-state index in [2.05, 4.69) is 32.6 Å². The molecule has 4 heteroatoms. The number of hydrogen-bond donors (Lipinski definition) is 1. The Morgan fingerprint density at radius 2 is 1.41 bits per heavy atom. The molecule has 0 bridgehead atoms. The van der Waals surface area contributed by atoms with Crippen LogP contribution in [0.2, 0.25) is 0 Å². The van der Waals surface area contributed by atoms with E-state index in [-0.39, 0.29) is 5.56 Å².